The molecule has 0 saturated heterocycles. The molecule has 0 N–H and O–H groups in total. The highest BCUT2D eigenvalue weighted by atomic mass is 32.2. The topological polar surface area (TPSA) is 23.8 Å². The molecule has 0 fully saturated rings. The van der Waals surface area contributed by atoms with Crippen LogP contribution in [0.1, 0.15) is 18.1 Å². The predicted octanol–water partition coefficient (Wildman–Crippen LogP) is 3.69. The molecule has 1 rings (SSSR count). The Balaban J connectivity index is 3.15. The van der Waals surface area contributed by atoms with Crippen LogP contribution in [0, 0.1) is 11.3 Å². The lowest BCUT2D eigenvalue weighted by molar-refractivity contribution is -0.137. The molecule has 0 spiro atoms. The summed E-state index contributed by atoms with van der Waals surface area (Å²) < 4.78 is 36.9. The van der Waals surface area contributed by atoms with Crippen LogP contribution in [-0.4, -0.2) is 5.75 Å². The summed E-state index contributed by atoms with van der Waals surface area (Å²) in [6, 6.07) is 5.00. The van der Waals surface area contributed by atoms with Crippen LogP contribution in [0.5, 0.6) is 0 Å². The maximum atomic E-state index is 12.3. The summed E-state index contributed by atoms with van der Waals surface area (Å²) in [7, 11) is 0. The monoisotopic (exact) mass is 231 g/mol. The molecule has 1 nitrogen and oxygen atoms in total. The summed E-state index contributed by atoms with van der Waals surface area (Å²) in [6.07, 6.45) is -4.39. The van der Waals surface area contributed by atoms with Crippen molar-refractivity contribution >= 4 is 11.8 Å². The van der Waals surface area contributed by atoms with E-state index in [0.717, 1.165) is 17.9 Å². The first-order valence-corrected chi connectivity index (χ1v) is 5.21. The van der Waals surface area contributed by atoms with Crippen molar-refractivity contribution < 1.29 is 13.2 Å². The number of rotatable bonds is 2. The van der Waals surface area contributed by atoms with Gasteiger partial charge in [-0.05, 0) is 24.0 Å². The quantitative estimate of drug-likeness (QED) is 0.725. The van der Waals surface area contributed by atoms with Crippen LogP contribution >= 0.6 is 11.8 Å². The van der Waals surface area contributed by atoms with Crippen LogP contribution in [0.4, 0.5) is 13.2 Å². The number of halogens is 3. The van der Waals surface area contributed by atoms with E-state index in [4.69, 9.17) is 5.26 Å². The Labute approximate surface area is 89.9 Å². The summed E-state index contributed by atoms with van der Waals surface area (Å²) in [5, 5.41) is 8.70. The smallest absolute Gasteiger partial charge is 0.192 e. The lowest BCUT2D eigenvalue weighted by atomic mass is 10.1. The number of nitriles is 1. The van der Waals surface area contributed by atoms with Gasteiger partial charge in [-0.25, -0.2) is 0 Å². The van der Waals surface area contributed by atoms with E-state index in [0.29, 0.717) is 4.90 Å². The summed E-state index contributed by atoms with van der Waals surface area (Å²) in [5.41, 5.74) is -0.698. The summed E-state index contributed by atoms with van der Waals surface area (Å²) in [6.45, 7) is 1.88. The predicted molar refractivity (Wildman–Crippen MR) is 52.6 cm³/mol. The van der Waals surface area contributed by atoms with Gasteiger partial charge >= 0.3 is 6.18 Å². The van der Waals surface area contributed by atoms with Gasteiger partial charge in [0.2, 0.25) is 0 Å². The highest BCUT2D eigenvalue weighted by molar-refractivity contribution is 7.99. The Morgan fingerprint density at radius 2 is 2.07 bits per heavy atom. The van der Waals surface area contributed by atoms with Crippen LogP contribution in [-0.2, 0) is 6.18 Å². The van der Waals surface area contributed by atoms with Crippen molar-refractivity contribution in [1.29, 1.82) is 5.26 Å². The third-order valence-corrected chi connectivity index (χ3v) is 2.68. The van der Waals surface area contributed by atoms with Gasteiger partial charge < -0.3 is 0 Å². The molecule has 0 saturated carbocycles. The molecule has 0 amide bonds. The van der Waals surface area contributed by atoms with Crippen molar-refractivity contribution in [1.82, 2.24) is 0 Å². The van der Waals surface area contributed by atoms with E-state index >= 15 is 0 Å². The third kappa shape index (κ3) is 2.90. The first kappa shape index (κ1) is 11.9. The highest BCUT2D eigenvalue weighted by Gasteiger charge is 2.30. The minimum Gasteiger partial charge on any atom is -0.192 e. The van der Waals surface area contributed by atoms with Crippen LogP contribution < -0.4 is 0 Å². The number of hydrogen-bond acceptors (Lipinski definition) is 2. The summed E-state index contributed by atoms with van der Waals surface area (Å²) in [5.74, 6) is 0.722. The standard InChI is InChI=1S/C10H8F3NS/c1-2-15-9-4-3-8(10(11,12)13)5-7(9)6-14/h3-5H,2H2,1H3. The fraction of sp³-hybridized carbons (Fsp3) is 0.300. The Hall–Kier alpha value is -1.15. The fourth-order valence-corrected chi connectivity index (χ4v) is 1.81. The van der Waals surface area contributed by atoms with Gasteiger partial charge in [0.15, 0.2) is 0 Å². The second-order valence-electron chi connectivity index (χ2n) is 2.75. The van der Waals surface area contributed by atoms with Crippen LogP contribution in [0.25, 0.3) is 0 Å². The van der Waals surface area contributed by atoms with E-state index < -0.39 is 11.7 Å². The molecule has 0 atom stereocenters. The minimum atomic E-state index is -4.39. The maximum Gasteiger partial charge on any atom is 0.416 e. The normalized spacial score (nSPS) is 11.1. The SMILES string of the molecule is CCSc1ccc(C(F)(F)F)cc1C#N. The first-order valence-electron chi connectivity index (χ1n) is 4.23. The van der Waals surface area contributed by atoms with Gasteiger partial charge in [0.05, 0.1) is 11.1 Å². The molecule has 5 heteroatoms. The lowest BCUT2D eigenvalue weighted by Crippen LogP contribution is -2.05. The second kappa shape index (κ2) is 4.58. The Bertz CT molecular complexity index is 393. The minimum absolute atomic E-state index is 0.0803. The zero-order valence-corrected chi connectivity index (χ0v) is 8.75. The van der Waals surface area contributed by atoms with Crippen molar-refractivity contribution in [2.75, 3.05) is 5.75 Å². The molecule has 0 aliphatic heterocycles. The molecule has 0 radical (unpaired) electrons. The van der Waals surface area contributed by atoms with Gasteiger partial charge in [0.25, 0.3) is 0 Å². The molecule has 15 heavy (non-hydrogen) atoms. The largest absolute Gasteiger partial charge is 0.416 e. The molecular weight excluding hydrogens is 223 g/mol. The average molecular weight is 231 g/mol. The van der Waals surface area contributed by atoms with E-state index in [1.165, 1.54) is 17.8 Å². The molecule has 0 bridgehead atoms. The van der Waals surface area contributed by atoms with E-state index in [1.807, 2.05) is 6.92 Å². The Morgan fingerprint density at radius 3 is 2.53 bits per heavy atom. The first-order chi connectivity index (χ1) is 6.99. The third-order valence-electron chi connectivity index (χ3n) is 1.73. The summed E-state index contributed by atoms with van der Waals surface area (Å²) in [4.78, 5) is 0.591. The van der Waals surface area contributed by atoms with E-state index in [-0.39, 0.29) is 5.56 Å². The molecule has 1 aromatic carbocycles. The van der Waals surface area contributed by atoms with Gasteiger partial charge in [-0.2, -0.15) is 18.4 Å². The van der Waals surface area contributed by atoms with Crippen LogP contribution in [0.2, 0.25) is 0 Å². The van der Waals surface area contributed by atoms with Crippen LogP contribution in [0.15, 0.2) is 23.1 Å². The van der Waals surface area contributed by atoms with E-state index in [1.54, 1.807) is 6.07 Å². The van der Waals surface area contributed by atoms with E-state index in [9.17, 15) is 13.2 Å². The zero-order chi connectivity index (χ0) is 11.5. The molecule has 1 aromatic rings. The van der Waals surface area contributed by atoms with Crippen molar-refractivity contribution in [2.45, 2.75) is 18.0 Å². The van der Waals surface area contributed by atoms with Gasteiger partial charge in [-0.15, -0.1) is 11.8 Å². The molecule has 0 aliphatic rings. The van der Waals surface area contributed by atoms with Gasteiger partial charge in [0, 0.05) is 4.90 Å². The molecule has 0 heterocycles. The molecule has 80 valence electrons. The number of nitrogens with zero attached hydrogens (tertiary/aromatic N) is 1. The molecule has 0 aromatic heterocycles. The average Bonchev–Trinajstić information content (AvgIpc) is 2.17. The second-order valence-corrected chi connectivity index (χ2v) is 4.06. The zero-order valence-electron chi connectivity index (χ0n) is 7.93. The van der Waals surface area contributed by atoms with Crippen molar-refractivity contribution in [3.8, 4) is 6.07 Å². The number of alkyl halides is 3. The van der Waals surface area contributed by atoms with Gasteiger partial charge in [-0.3, -0.25) is 0 Å². The Kier molecular flexibility index (Phi) is 3.64. The van der Waals surface area contributed by atoms with Gasteiger partial charge in [-0.1, -0.05) is 6.92 Å². The van der Waals surface area contributed by atoms with Crippen molar-refractivity contribution in [3.05, 3.63) is 29.3 Å². The number of benzene rings is 1. The number of thioether (sulfide) groups is 1. The van der Waals surface area contributed by atoms with E-state index in [2.05, 4.69) is 0 Å². The van der Waals surface area contributed by atoms with Crippen LogP contribution in [0.3, 0.4) is 0 Å². The maximum absolute atomic E-state index is 12.3. The highest BCUT2D eigenvalue weighted by Crippen LogP contribution is 2.32. The fourth-order valence-electron chi connectivity index (χ4n) is 1.08. The summed E-state index contributed by atoms with van der Waals surface area (Å²) >= 11 is 1.36. The lowest BCUT2D eigenvalue weighted by Gasteiger charge is -2.08. The number of hydrogen-bond donors (Lipinski definition) is 0. The molecule has 0 aliphatic carbocycles. The van der Waals surface area contributed by atoms with Gasteiger partial charge in [0.1, 0.15) is 6.07 Å². The molecule has 0 unspecified atom stereocenters. The van der Waals surface area contributed by atoms with Crippen molar-refractivity contribution in [2.24, 2.45) is 0 Å². The Morgan fingerprint density at radius 1 is 1.40 bits per heavy atom. The molecular formula is C10H8F3NS. The van der Waals surface area contributed by atoms with Crippen molar-refractivity contribution in [3.63, 3.8) is 0 Å².